The number of ether oxygens (including phenoxy) is 1. The summed E-state index contributed by atoms with van der Waals surface area (Å²) in [4.78, 5) is 44.8. The maximum Gasteiger partial charge on any atom is 0.311 e. The van der Waals surface area contributed by atoms with Gasteiger partial charge in [0.15, 0.2) is 0 Å². The van der Waals surface area contributed by atoms with Crippen LogP contribution in [0.3, 0.4) is 0 Å². The third-order valence-corrected chi connectivity index (χ3v) is 9.27. The first-order chi connectivity index (χ1) is 16.5. The van der Waals surface area contributed by atoms with E-state index in [1.165, 1.54) is 0 Å². The van der Waals surface area contributed by atoms with Crippen LogP contribution in [0, 0.1) is 11.8 Å². The van der Waals surface area contributed by atoms with Crippen LogP contribution in [-0.4, -0.2) is 81.6 Å². The van der Waals surface area contributed by atoms with Crippen molar-refractivity contribution in [2.75, 3.05) is 32.8 Å². The van der Waals surface area contributed by atoms with Crippen LogP contribution in [0.1, 0.15) is 58.3 Å². The fourth-order valence-electron chi connectivity index (χ4n) is 5.84. The number of allylic oxidation sites excluding steroid dienone is 1. The molecule has 8 heteroatoms. The van der Waals surface area contributed by atoms with Crippen LogP contribution in [-0.2, 0) is 19.1 Å². The molecule has 0 aromatic rings. The second-order valence-electron chi connectivity index (χ2n) is 9.79. The Labute approximate surface area is 206 Å². The summed E-state index contributed by atoms with van der Waals surface area (Å²) in [7, 11) is 0. The third kappa shape index (κ3) is 4.68. The van der Waals surface area contributed by atoms with Crippen LogP contribution in [0.15, 0.2) is 24.3 Å². The van der Waals surface area contributed by atoms with Crippen LogP contribution in [0.5, 0.6) is 0 Å². The van der Waals surface area contributed by atoms with E-state index in [4.69, 9.17) is 9.84 Å². The number of carbonyl (C=O) groups is 3. The maximum absolute atomic E-state index is 14.0. The van der Waals surface area contributed by atoms with Crippen molar-refractivity contribution in [1.82, 2.24) is 9.80 Å². The molecule has 4 aliphatic heterocycles. The summed E-state index contributed by atoms with van der Waals surface area (Å²) in [6.45, 7) is 4.35. The predicted octanol–water partition coefficient (Wildman–Crippen LogP) is 2.93. The number of hydrogen-bond acceptors (Lipinski definition) is 6. The van der Waals surface area contributed by atoms with E-state index in [1.807, 2.05) is 11.0 Å². The fourth-order valence-corrected chi connectivity index (χ4v) is 7.84. The molecule has 1 unspecified atom stereocenters. The number of nitrogens with zero attached hydrogens (tertiary/aromatic N) is 2. The summed E-state index contributed by atoms with van der Waals surface area (Å²) in [5, 5.41) is 8.90. The molecule has 1 N–H and O–H groups in total. The predicted molar refractivity (Wildman–Crippen MR) is 132 cm³/mol. The van der Waals surface area contributed by atoms with E-state index >= 15 is 0 Å². The molecule has 7 nitrogen and oxygen atoms in total. The smallest absolute Gasteiger partial charge is 0.311 e. The number of unbranched alkanes of at least 4 members (excludes halogenated alkanes) is 4. The first-order valence-electron chi connectivity index (χ1n) is 12.9. The van der Waals surface area contributed by atoms with Gasteiger partial charge in [-0.1, -0.05) is 50.5 Å². The molecule has 2 fully saturated rings. The zero-order valence-corrected chi connectivity index (χ0v) is 21.0. The molecule has 4 rings (SSSR count). The number of esters is 1. The summed E-state index contributed by atoms with van der Waals surface area (Å²) in [5.41, 5.74) is 0. The molecule has 0 aromatic carbocycles. The first kappa shape index (κ1) is 25.3. The topological polar surface area (TPSA) is 87.2 Å². The van der Waals surface area contributed by atoms with Gasteiger partial charge in [-0.3, -0.25) is 14.4 Å². The van der Waals surface area contributed by atoms with Gasteiger partial charge in [0.05, 0.1) is 23.2 Å². The normalized spacial score (nSPS) is 34.0. The molecule has 5 atom stereocenters. The van der Waals surface area contributed by atoms with Gasteiger partial charge in [-0.05, 0) is 32.1 Å². The number of hydrogen-bond donors (Lipinski definition) is 1. The molecule has 188 valence electrons. The molecule has 1 spiro atoms. The minimum atomic E-state index is -0.752. The number of likely N-dealkylation sites (tertiary alicyclic amines) is 1. The third-order valence-electron chi connectivity index (χ3n) is 7.52. The molecule has 2 amide bonds. The van der Waals surface area contributed by atoms with E-state index in [1.54, 1.807) is 16.7 Å². The van der Waals surface area contributed by atoms with Gasteiger partial charge in [-0.2, -0.15) is 0 Å². The highest BCUT2D eigenvalue weighted by molar-refractivity contribution is 8.02. The molecule has 0 bridgehead atoms. The Hall–Kier alpha value is -1.80. The SMILES string of the molecule is CCCCN1CC=C[C@]23S[C@@H]4/C=C\CCCOC(=O)[C@@H]4[C@H]2C(=O)N(CCCCCCO)C3C1=O. The number of aliphatic hydroxyl groups excluding tert-OH is 1. The maximum atomic E-state index is 14.0. The van der Waals surface area contributed by atoms with Crippen molar-refractivity contribution in [1.29, 1.82) is 0 Å². The number of rotatable bonds is 9. The minimum absolute atomic E-state index is 0.000925. The van der Waals surface area contributed by atoms with Crippen LogP contribution in [0.2, 0.25) is 0 Å². The van der Waals surface area contributed by atoms with Gasteiger partial charge >= 0.3 is 5.97 Å². The van der Waals surface area contributed by atoms with E-state index in [0.29, 0.717) is 26.2 Å². The number of thioether (sulfide) groups is 1. The molecule has 4 aliphatic rings. The quantitative estimate of drug-likeness (QED) is 0.304. The van der Waals surface area contributed by atoms with Crippen molar-refractivity contribution in [3.63, 3.8) is 0 Å². The van der Waals surface area contributed by atoms with E-state index in [2.05, 4.69) is 25.2 Å². The van der Waals surface area contributed by atoms with Crippen LogP contribution in [0.4, 0.5) is 0 Å². The summed E-state index contributed by atoms with van der Waals surface area (Å²) in [6, 6.07) is -0.597. The number of cyclic esters (lactones) is 1. The summed E-state index contributed by atoms with van der Waals surface area (Å²) in [5.74, 6) is -1.57. The number of aliphatic hydroxyl groups is 1. The van der Waals surface area contributed by atoms with E-state index in [-0.39, 0.29) is 29.6 Å². The Morgan fingerprint density at radius 1 is 1.09 bits per heavy atom. The molecular weight excluding hydrogens is 452 g/mol. The van der Waals surface area contributed by atoms with Crippen molar-refractivity contribution < 1.29 is 24.2 Å². The van der Waals surface area contributed by atoms with Gasteiger partial charge < -0.3 is 19.6 Å². The van der Waals surface area contributed by atoms with Crippen molar-refractivity contribution in [2.24, 2.45) is 11.8 Å². The highest BCUT2D eigenvalue weighted by Gasteiger charge is 2.70. The van der Waals surface area contributed by atoms with Gasteiger partial charge in [0.2, 0.25) is 11.8 Å². The molecule has 0 aromatic heterocycles. The number of fused-ring (bicyclic) bond motifs is 2. The van der Waals surface area contributed by atoms with Gasteiger partial charge in [0, 0.05) is 31.5 Å². The molecule has 34 heavy (non-hydrogen) atoms. The van der Waals surface area contributed by atoms with E-state index < -0.39 is 22.6 Å². The number of amides is 2. The van der Waals surface area contributed by atoms with Crippen LogP contribution >= 0.6 is 11.8 Å². The van der Waals surface area contributed by atoms with Crippen molar-refractivity contribution >= 4 is 29.5 Å². The van der Waals surface area contributed by atoms with Crippen molar-refractivity contribution in [3.8, 4) is 0 Å². The van der Waals surface area contributed by atoms with E-state index in [9.17, 15) is 14.4 Å². The second kappa shape index (κ2) is 11.3. The van der Waals surface area contributed by atoms with Gasteiger partial charge in [0.25, 0.3) is 0 Å². The lowest BCUT2D eigenvalue weighted by atomic mass is 9.78. The van der Waals surface area contributed by atoms with Crippen LogP contribution < -0.4 is 0 Å². The summed E-state index contributed by atoms with van der Waals surface area (Å²) < 4.78 is 4.84. The van der Waals surface area contributed by atoms with Crippen molar-refractivity contribution in [2.45, 2.75) is 74.3 Å². The summed E-state index contributed by atoms with van der Waals surface area (Å²) in [6.07, 6.45) is 15.1. The Morgan fingerprint density at radius 2 is 1.91 bits per heavy atom. The standard InChI is InChI=1S/C26H38N2O5S/c1-2-3-14-27-15-11-13-26-21(20-19(34-26)12-7-6-10-18-33-25(20)32)23(30)28(22(26)24(27)31)16-8-4-5-9-17-29/h7,11-13,19-22,29H,2-6,8-10,14-18H2,1H3/b12-7-/t19-,20+,21+,22?,26+/m1/s1. The average Bonchev–Trinajstić information content (AvgIpc) is 3.23. The number of carbonyl (C=O) groups excluding carboxylic acids is 3. The Balaban J connectivity index is 1.68. The highest BCUT2D eigenvalue weighted by atomic mass is 32.2. The van der Waals surface area contributed by atoms with Crippen LogP contribution in [0.25, 0.3) is 0 Å². The molecule has 0 radical (unpaired) electrons. The van der Waals surface area contributed by atoms with Gasteiger partial charge in [0.1, 0.15) is 6.04 Å². The second-order valence-corrected chi connectivity index (χ2v) is 11.3. The van der Waals surface area contributed by atoms with E-state index in [0.717, 1.165) is 51.4 Å². The lowest BCUT2D eigenvalue weighted by Gasteiger charge is -2.35. The van der Waals surface area contributed by atoms with Gasteiger partial charge in [-0.15, -0.1) is 11.8 Å². The highest BCUT2D eigenvalue weighted by Crippen LogP contribution is 2.60. The Morgan fingerprint density at radius 3 is 2.71 bits per heavy atom. The first-order valence-corrected chi connectivity index (χ1v) is 13.8. The van der Waals surface area contributed by atoms with Gasteiger partial charge in [-0.25, -0.2) is 0 Å². The van der Waals surface area contributed by atoms with Crippen molar-refractivity contribution in [3.05, 3.63) is 24.3 Å². The lowest BCUT2D eigenvalue weighted by Crippen LogP contribution is -2.53. The molecule has 4 heterocycles. The average molecular weight is 491 g/mol. The lowest BCUT2D eigenvalue weighted by molar-refractivity contribution is -0.153. The zero-order valence-electron chi connectivity index (χ0n) is 20.2. The monoisotopic (exact) mass is 490 g/mol. The fraction of sp³-hybridized carbons (Fsp3) is 0.731. The minimum Gasteiger partial charge on any atom is -0.465 e. The Kier molecular flexibility index (Phi) is 8.40. The largest absolute Gasteiger partial charge is 0.465 e. The Bertz CT molecular complexity index is 830. The summed E-state index contributed by atoms with van der Waals surface area (Å²) >= 11 is 1.61. The molecular formula is C26H38N2O5S. The molecule has 0 aliphatic carbocycles. The zero-order chi connectivity index (χ0) is 24.1. The molecule has 2 saturated heterocycles. The molecule has 0 saturated carbocycles.